The molecule has 6 aromatic carbocycles. The summed E-state index contributed by atoms with van der Waals surface area (Å²) < 4.78 is 69.2. The van der Waals surface area contributed by atoms with Gasteiger partial charge in [-0.2, -0.15) is 0 Å². The van der Waals surface area contributed by atoms with E-state index in [-0.39, 0.29) is 36.2 Å². The van der Waals surface area contributed by atoms with Crippen molar-refractivity contribution in [1.29, 1.82) is 0 Å². The van der Waals surface area contributed by atoms with Gasteiger partial charge in [0, 0.05) is 58.9 Å². The van der Waals surface area contributed by atoms with E-state index in [0.29, 0.717) is 59.8 Å². The fourth-order valence-electron chi connectivity index (χ4n) is 11.5. The highest BCUT2D eigenvalue weighted by Crippen LogP contribution is 2.57. The van der Waals surface area contributed by atoms with Crippen LogP contribution in [-0.2, 0) is 35.4 Å². The van der Waals surface area contributed by atoms with Crippen LogP contribution < -0.4 is 22.1 Å². The van der Waals surface area contributed by atoms with Crippen LogP contribution in [-0.4, -0.2) is 21.8 Å². The number of benzene rings is 6. The van der Waals surface area contributed by atoms with Gasteiger partial charge in [0.15, 0.2) is 0 Å². The molecule has 8 aromatic rings. The average Bonchev–Trinajstić information content (AvgIpc) is 4.24. The van der Waals surface area contributed by atoms with Gasteiger partial charge >= 0.3 is 0 Å². The summed E-state index contributed by atoms with van der Waals surface area (Å²) in [6.45, 7) is 12.4. The Hall–Kier alpha value is -8.20. The molecule has 6 N–H and O–H groups in total. The van der Waals surface area contributed by atoms with Gasteiger partial charge in [0.05, 0.1) is 0 Å². The summed E-state index contributed by atoms with van der Waals surface area (Å²) in [6, 6.07) is 30.3. The third-order valence-corrected chi connectivity index (χ3v) is 15.3. The highest BCUT2D eigenvalue weighted by molar-refractivity contribution is 5.95. The molecular weight excluding hydrogens is 969 g/mol. The molecule has 14 heteroatoms. The van der Waals surface area contributed by atoms with E-state index in [0.717, 1.165) is 113 Å². The summed E-state index contributed by atoms with van der Waals surface area (Å²) in [5, 5.41) is 6.00. The fraction of sp³-hybridized carbons (Fsp3) is 0.226. The first-order chi connectivity index (χ1) is 36.5. The van der Waals surface area contributed by atoms with E-state index in [1.165, 1.54) is 24.3 Å². The second kappa shape index (κ2) is 19.5. The molecule has 0 aliphatic carbocycles. The first kappa shape index (κ1) is 50.0. The third kappa shape index (κ3) is 8.74. The first-order valence-corrected chi connectivity index (χ1v) is 25.3. The summed E-state index contributed by atoms with van der Waals surface area (Å²) in [6.07, 6.45) is 0.223. The molecule has 10 nitrogen and oxygen atoms in total. The van der Waals surface area contributed by atoms with E-state index in [2.05, 4.69) is 32.7 Å². The smallest absolute Gasteiger partial charge is 0.251 e. The van der Waals surface area contributed by atoms with Crippen molar-refractivity contribution >= 4 is 23.5 Å². The summed E-state index contributed by atoms with van der Waals surface area (Å²) in [5.74, 6) is -1.83. The number of anilines is 2. The zero-order valence-electron chi connectivity index (χ0n) is 42.7. The molecule has 384 valence electrons. The molecule has 0 fully saturated rings. The lowest BCUT2D eigenvalue weighted by molar-refractivity contribution is 0.0855. The van der Waals surface area contributed by atoms with Gasteiger partial charge in [-0.15, -0.1) is 0 Å². The largest absolute Gasteiger partial charge is 0.384 e. The van der Waals surface area contributed by atoms with Gasteiger partial charge in [-0.1, -0.05) is 38.1 Å². The van der Waals surface area contributed by atoms with Gasteiger partial charge in [-0.3, -0.25) is 9.59 Å². The van der Waals surface area contributed by atoms with Crippen LogP contribution in [0.15, 0.2) is 109 Å². The van der Waals surface area contributed by atoms with Gasteiger partial charge in [0.2, 0.25) is 0 Å². The molecule has 0 spiro atoms. The van der Waals surface area contributed by atoms with Gasteiger partial charge in [0.25, 0.3) is 11.8 Å². The molecule has 4 bridgehead atoms. The highest BCUT2D eigenvalue weighted by atomic mass is 19.1. The zero-order chi connectivity index (χ0) is 53.4. The van der Waals surface area contributed by atoms with Crippen molar-refractivity contribution in [3.63, 3.8) is 0 Å². The van der Waals surface area contributed by atoms with Crippen LogP contribution in [0.2, 0.25) is 0 Å². The molecule has 0 radical (unpaired) electrons. The molecule has 76 heavy (non-hydrogen) atoms. The summed E-state index contributed by atoms with van der Waals surface area (Å²) >= 11 is 0. The van der Waals surface area contributed by atoms with Crippen molar-refractivity contribution in [2.24, 2.45) is 0 Å². The Morgan fingerprint density at radius 1 is 0.474 bits per heavy atom. The maximum absolute atomic E-state index is 14.7. The lowest BCUT2D eigenvalue weighted by Crippen LogP contribution is -2.24. The maximum Gasteiger partial charge on any atom is 0.251 e. The number of nitrogen functional groups attached to an aromatic ring is 2. The number of fused-ring (bicyclic) bond motifs is 16. The molecule has 12 rings (SSSR count). The van der Waals surface area contributed by atoms with Gasteiger partial charge in [-0.25, -0.2) is 27.5 Å². The van der Waals surface area contributed by atoms with E-state index in [1.54, 1.807) is 18.2 Å². The van der Waals surface area contributed by atoms with E-state index in [4.69, 9.17) is 20.9 Å². The van der Waals surface area contributed by atoms with Crippen LogP contribution >= 0.6 is 0 Å². The fourth-order valence-corrected chi connectivity index (χ4v) is 11.5. The Labute approximate surface area is 437 Å². The number of ether oxygens (including phenoxy) is 2. The zero-order valence-corrected chi connectivity index (χ0v) is 42.7. The SMILES string of the molecule is CCc1cc2c(cc1-c1ccc(F)cc1F)C1OC2c2cc(C(=O)NCc3c(C)cc(N)nc3C)ccc21.CCc1cc2c(cc1-c1ccc(F)cc1F)C1OC2c2ccc(C(=O)NCc3c(C)cc(N)nc3C)cc21. The molecule has 4 aliphatic heterocycles. The molecule has 0 saturated heterocycles. The Kier molecular flexibility index (Phi) is 12.8. The first-order valence-electron chi connectivity index (χ1n) is 25.3. The van der Waals surface area contributed by atoms with Crippen molar-refractivity contribution in [2.45, 2.75) is 91.9 Å². The van der Waals surface area contributed by atoms with Crippen LogP contribution in [0.4, 0.5) is 29.2 Å². The Bertz CT molecular complexity index is 3700. The average molecular weight is 1020 g/mol. The van der Waals surface area contributed by atoms with Crippen LogP contribution in [0, 0.1) is 51.0 Å². The van der Waals surface area contributed by atoms with Gasteiger partial charge in [-0.05, 0) is 202 Å². The van der Waals surface area contributed by atoms with Crippen molar-refractivity contribution < 1.29 is 36.6 Å². The number of nitrogens with two attached hydrogens (primary N) is 2. The van der Waals surface area contributed by atoms with Crippen LogP contribution in [0.5, 0.6) is 0 Å². The van der Waals surface area contributed by atoms with Crippen LogP contribution in [0.25, 0.3) is 22.3 Å². The monoisotopic (exact) mass is 1020 g/mol. The van der Waals surface area contributed by atoms with Crippen molar-refractivity contribution in [2.75, 3.05) is 11.5 Å². The normalized spacial score (nSPS) is 16.9. The number of halogens is 4. The van der Waals surface area contributed by atoms with Crippen molar-refractivity contribution in [3.8, 4) is 22.3 Å². The second-order valence-corrected chi connectivity index (χ2v) is 19.9. The predicted molar refractivity (Wildman–Crippen MR) is 283 cm³/mol. The van der Waals surface area contributed by atoms with Crippen molar-refractivity contribution in [1.82, 2.24) is 20.6 Å². The predicted octanol–water partition coefficient (Wildman–Crippen LogP) is 12.5. The number of carbonyl (C=O) groups is 2. The molecule has 2 aromatic heterocycles. The van der Waals surface area contributed by atoms with Gasteiger partial charge < -0.3 is 31.6 Å². The highest BCUT2D eigenvalue weighted by Gasteiger charge is 2.45. The number of aromatic nitrogens is 2. The van der Waals surface area contributed by atoms with Gasteiger partial charge in [0.1, 0.15) is 59.3 Å². The van der Waals surface area contributed by atoms with Crippen LogP contribution in [0.3, 0.4) is 0 Å². The second-order valence-electron chi connectivity index (χ2n) is 19.9. The lowest BCUT2D eigenvalue weighted by atomic mass is 9.82. The molecule has 4 aliphatic rings. The van der Waals surface area contributed by atoms with E-state index in [9.17, 15) is 27.2 Å². The minimum absolute atomic E-state index is 0.178. The molecule has 2 amide bonds. The summed E-state index contributed by atoms with van der Waals surface area (Å²) in [7, 11) is 0. The van der Waals surface area contributed by atoms with Crippen molar-refractivity contribution in [3.05, 3.63) is 233 Å². The number of nitrogens with one attached hydrogen (secondary N) is 2. The number of nitrogens with zero attached hydrogens (tertiary/aromatic N) is 2. The Balaban J connectivity index is 0.000000162. The number of pyridine rings is 2. The maximum atomic E-state index is 14.7. The topological polar surface area (TPSA) is 154 Å². The van der Waals surface area contributed by atoms with E-state index in [1.807, 2.05) is 84.0 Å². The van der Waals surface area contributed by atoms with Crippen LogP contribution in [0.1, 0.15) is 148 Å². The molecule has 6 heterocycles. The molecule has 4 unspecified atom stereocenters. The number of rotatable bonds is 10. The quantitative estimate of drug-likeness (QED) is 0.0988. The minimum Gasteiger partial charge on any atom is -0.384 e. The summed E-state index contributed by atoms with van der Waals surface area (Å²) in [4.78, 5) is 34.7. The lowest BCUT2D eigenvalue weighted by Gasteiger charge is -2.20. The summed E-state index contributed by atoms with van der Waals surface area (Å²) in [5.41, 5.74) is 30.3. The van der Waals surface area contributed by atoms with E-state index >= 15 is 0 Å². The number of aryl methyl sites for hydroxylation is 6. The molecular formula is C62H54F4N6O4. The van der Waals surface area contributed by atoms with E-state index < -0.39 is 23.3 Å². The number of amides is 2. The number of carbonyl (C=O) groups excluding carboxylic acids is 2. The third-order valence-electron chi connectivity index (χ3n) is 15.3. The Morgan fingerprint density at radius 3 is 1.21 bits per heavy atom. The minimum atomic E-state index is -0.606. The molecule has 0 saturated carbocycles. The molecule has 4 atom stereocenters. The number of hydrogen-bond donors (Lipinski definition) is 4. The Morgan fingerprint density at radius 2 is 0.842 bits per heavy atom. The standard InChI is InChI=1S/2C31H27F2N3O2/c1-4-17-10-24-25(13-22(17)20-8-6-19(32)12-27(20)33)29-21-7-5-18(11-23(21)30(24)38-29)31(37)35-14-26-15(2)9-28(34)36-16(26)3;1-4-17-10-24-25(13-22(17)20-8-6-19(32)12-27(20)33)30-23-11-18(5-7-21(23)29(24)38-30)31(37)35-14-26-15(2)9-28(34)36-16(26)3/h2*5-13,29-30H,4,14H2,1-3H3,(H2,34,36)(H,35,37). The number of hydrogen-bond acceptors (Lipinski definition) is 8.